The van der Waals surface area contributed by atoms with E-state index >= 15 is 0 Å². The second-order valence-electron chi connectivity index (χ2n) is 5.89. The Morgan fingerprint density at radius 2 is 1.83 bits per heavy atom. The average Bonchev–Trinajstić information content (AvgIpc) is 2.28. The summed E-state index contributed by atoms with van der Waals surface area (Å²) in [6.07, 6.45) is 0. The zero-order valence-electron chi connectivity index (χ0n) is 12.1. The normalized spacial score (nSPS) is 15.8. The molecule has 1 rings (SSSR count). The summed E-state index contributed by atoms with van der Waals surface area (Å²) in [5.41, 5.74) is 6.73. The van der Waals surface area contributed by atoms with Crippen LogP contribution in [0.2, 0.25) is 0 Å². The third-order valence-electron chi connectivity index (χ3n) is 3.91. The van der Waals surface area contributed by atoms with E-state index < -0.39 is 0 Å². The summed E-state index contributed by atoms with van der Waals surface area (Å²) in [4.78, 5) is 2.15. The molecule has 2 unspecified atom stereocenters. The van der Waals surface area contributed by atoms with Crippen LogP contribution in [-0.4, -0.2) is 24.5 Å². The largest absolute Gasteiger partial charge is 0.327 e. The Labute approximate surface area is 110 Å². The fraction of sp³-hybridized carbons (Fsp3) is 0.600. The summed E-state index contributed by atoms with van der Waals surface area (Å²) in [5, 5.41) is 0. The van der Waals surface area contributed by atoms with Gasteiger partial charge in [0.15, 0.2) is 0 Å². The van der Waals surface area contributed by atoms with E-state index in [9.17, 15) is 4.39 Å². The van der Waals surface area contributed by atoms with Crippen LogP contribution in [0.3, 0.4) is 0 Å². The number of nitrogens with two attached hydrogens (primary N) is 1. The lowest BCUT2D eigenvalue weighted by Gasteiger charge is -2.36. The zero-order valence-corrected chi connectivity index (χ0v) is 12.1. The van der Waals surface area contributed by atoms with Crippen molar-refractivity contribution in [1.29, 1.82) is 0 Å². The summed E-state index contributed by atoms with van der Waals surface area (Å²) < 4.78 is 13.7. The summed E-state index contributed by atoms with van der Waals surface area (Å²) in [5.74, 6) is -0.143. The first kappa shape index (κ1) is 15.1. The molecule has 2 N–H and O–H groups in total. The smallest absolute Gasteiger partial charge is 0.127 e. The highest BCUT2D eigenvalue weighted by Crippen LogP contribution is 2.27. The van der Waals surface area contributed by atoms with Crippen molar-refractivity contribution >= 4 is 0 Å². The van der Waals surface area contributed by atoms with Crippen molar-refractivity contribution in [3.63, 3.8) is 0 Å². The molecule has 0 heterocycles. The summed E-state index contributed by atoms with van der Waals surface area (Å²) in [6, 6.07) is 7.10. The van der Waals surface area contributed by atoms with Crippen LogP contribution in [-0.2, 0) is 0 Å². The molecular weight excluding hydrogens is 227 g/mol. The molecule has 1 aromatic carbocycles. The fourth-order valence-corrected chi connectivity index (χ4v) is 1.98. The first-order valence-corrected chi connectivity index (χ1v) is 6.46. The molecule has 0 aromatic heterocycles. The molecule has 0 saturated heterocycles. The lowest BCUT2D eigenvalue weighted by molar-refractivity contribution is 0.148. The van der Waals surface area contributed by atoms with Gasteiger partial charge in [0.25, 0.3) is 0 Å². The molecule has 1 aromatic rings. The summed E-state index contributed by atoms with van der Waals surface area (Å²) in [7, 11) is 2.02. The molecule has 0 aliphatic rings. The Morgan fingerprint density at radius 1 is 1.28 bits per heavy atom. The molecule has 0 aliphatic carbocycles. The Morgan fingerprint density at radius 3 is 2.33 bits per heavy atom. The minimum Gasteiger partial charge on any atom is -0.327 e. The van der Waals surface area contributed by atoms with Crippen LogP contribution >= 0.6 is 0 Å². The van der Waals surface area contributed by atoms with Crippen molar-refractivity contribution in [2.24, 2.45) is 11.1 Å². The summed E-state index contributed by atoms with van der Waals surface area (Å²) in [6.45, 7) is 9.15. The van der Waals surface area contributed by atoms with Crippen LogP contribution in [0.1, 0.15) is 39.3 Å². The predicted octanol–water partition coefficient (Wildman–Crippen LogP) is 3.19. The van der Waals surface area contributed by atoms with Gasteiger partial charge in [0.2, 0.25) is 0 Å². The van der Waals surface area contributed by atoms with E-state index in [0.717, 1.165) is 12.1 Å². The van der Waals surface area contributed by atoms with Gasteiger partial charge in [0.1, 0.15) is 5.82 Å². The molecule has 0 amide bonds. The third kappa shape index (κ3) is 3.53. The minimum absolute atomic E-state index is 0.00820. The topological polar surface area (TPSA) is 29.3 Å². The van der Waals surface area contributed by atoms with Gasteiger partial charge in [0.05, 0.1) is 0 Å². The van der Waals surface area contributed by atoms with Gasteiger partial charge in [-0.3, -0.25) is 4.90 Å². The van der Waals surface area contributed by atoms with Crippen LogP contribution in [0.15, 0.2) is 24.3 Å². The average molecular weight is 252 g/mol. The number of halogens is 1. The van der Waals surface area contributed by atoms with E-state index in [4.69, 9.17) is 5.73 Å². The van der Waals surface area contributed by atoms with Gasteiger partial charge in [-0.15, -0.1) is 0 Å². The second-order valence-corrected chi connectivity index (χ2v) is 5.89. The van der Waals surface area contributed by atoms with E-state index in [-0.39, 0.29) is 23.3 Å². The minimum atomic E-state index is -0.143. The van der Waals surface area contributed by atoms with Crippen molar-refractivity contribution in [3.05, 3.63) is 35.6 Å². The molecule has 0 radical (unpaired) electrons. The SMILES string of the molecule is CC(c1ccccc1F)N(C)CC(C)(C)C(C)N. The van der Waals surface area contributed by atoms with Crippen LogP contribution < -0.4 is 5.73 Å². The third-order valence-corrected chi connectivity index (χ3v) is 3.91. The standard InChI is InChI=1S/C15H25FN2/c1-11(13-8-6-7-9-14(13)16)18(5)10-15(3,4)12(2)17/h6-9,11-12H,10,17H2,1-5H3. The summed E-state index contributed by atoms with van der Waals surface area (Å²) >= 11 is 0. The van der Waals surface area contributed by atoms with Crippen molar-refractivity contribution in [2.45, 2.75) is 39.8 Å². The lowest BCUT2D eigenvalue weighted by atomic mass is 9.85. The van der Waals surface area contributed by atoms with Gasteiger partial charge in [-0.05, 0) is 32.4 Å². The van der Waals surface area contributed by atoms with Gasteiger partial charge in [0, 0.05) is 24.2 Å². The Balaban J connectivity index is 2.79. The zero-order chi connectivity index (χ0) is 13.9. The number of benzene rings is 1. The predicted molar refractivity (Wildman–Crippen MR) is 74.9 cm³/mol. The monoisotopic (exact) mass is 252 g/mol. The number of hydrogen-bond donors (Lipinski definition) is 1. The molecule has 3 heteroatoms. The molecule has 18 heavy (non-hydrogen) atoms. The van der Waals surface area contributed by atoms with Crippen LogP contribution in [0.25, 0.3) is 0 Å². The maximum absolute atomic E-state index is 13.7. The van der Waals surface area contributed by atoms with Crippen molar-refractivity contribution < 1.29 is 4.39 Å². The van der Waals surface area contributed by atoms with E-state index in [1.54, 1.807) is 6.07 Å². The Hall–Kier alpha value is -0.930. The second kappa shape index (κ2) is 5.81. The fourth-order valence-electron chi connectivity index (χ4n) is 1.98. The lowest BCUT2D eigenvalue weighted by Crippen LogP contribution is -2.43. The first-order valence-electron chi connectivity index (χ1n) is 6.46. The van der Waals surface area contributed by atoms with E-state index in [0.29, 0.717) is 0 Å². The molecular formula is C15H25FN2. The Kier molecular flexibility index (Phi) is 4.88. The van der Waals surface area contributed by atoms with E-state index in [1.165, 1.54) is 6.07 Å². The molecule has 0 fully saturated rings. The molecule has 2 atom stereocenters. The molecule has 0 bridgehead atoms. The van der Waals surface area contributed by atoms with Crippen molar-refractivity contribution in [2.75, 3.05) is 13.6 Å². The molecule has 2 nitrogen and oxygen atoms in total. The number of hydrogen-bond acceptors (Lipinski definition) is 2. The van der Waals surface area contributed by atoms with E-state index in [1.807, 2.05) is 33.0 Å². The highest BCUT2D eigenvalue weighted by Gasteiger charge is 2.27. The van der Waals surface area contributed by atoms with E-state index in [2.05, 4.69) is 18.7 Å². The van der Waals surface area contributed by atoms with Gasteiger partial charge >= 0.3 is 0 Å². The maximum Gasteiger partial charge on any atom is 0.127 e. The quantitative estimate of drug-likeness (QED) is 0.872. The number of nitrogens with zero attached hydrogens (tertiary/aromatic N) is 1. The van der Waals surface area contributed by atoms with Crippen LogP contribution in [0.5, 0.6) is 0 Å². The first-order chi connectivity index (χ1) is 8.25. The van der Waals surface area contributed by atoms with Crippen LogP contribution in [0, 0.1) is 11.2 Å². The van der Waals surface area contributed by atoms with Crippen molar-refractivity contribution in [3.8, 4) is 0 Å². The molecule has 0 aliphatic heterocycles. The Bertz CT molecular complexity index is 388. The highest BCUT2D eigenvalue weighted by atomic mass is 19.1. The van der Waals surface area contributed by atoms with Gasteiger partial charge in [-0.1, -0.05) is 32.0 Å². The van der Waals surface area contributed by atoms with Gasteiger partial charge < -0.3 is 5.73 Å². The van der Waals surface area contributed by atoms with Gasteiger partial charge in [-0.2, -0.15) is 0 Å². The van der Waals surface area contributed by atoms with Crippen molar-refractivity contribution in [1.82, 2.24) is 4.90 Å². The molecule has 0 saturated carbocycles. The van der Waals surface area contributed by atoms with Crippen LogP contribution in [0.4, 0.5) is 4.39 Å². The molecule has 102 valence electrons. The highest BCUT2D eigenvalue weighted by molar-refractivity contribution is 5.20. The van der Waals surface area contributed by atoms with Gasteiger partial charge in [-0.25, -0.2) is 4.39 Å². The molecule has 0 spiro atoms. The maximum atomic E-state index is 13.7. The number of rotatable bonds is 5.